The van der Waals surface area contributed by atoms with E-state index >= 15 is 0 Å². The highest BCUT2D eigenvalue weighted by Gasteiger charge is 2.32. The van der Waals surface area contributed by atoms with Crippen LogP contribution in [-0.4, -0.2) is 53.2 Å². The molecule has 2 aromatic carbocycles. The van der Waals surface area contributed by atoms with Crippen LogP contribution in [-0.2, 0) is 4.84 Å². The summed E-state index contributed by atoms with van der Waals surface area (Å²) in [7, 11) is 0. The molecule has 1 N–H and O–H groups in total. The molecular weight excluding hydrogens is 525 g/mol. The zero-order chi connectivity index (χ0) is 27.1. The number of aromatic nitrogens is 1. The van der Waals surface area contributed by atoms with Gasteiger partial charge in [0, 0.05) is 34.7 Å². The van der Waals surface area contributed by atoms with E-state index in [1.807, 2.05) is 18.3 Å². The number of anilines is 1. The van der Waals surface area contributed by atoms with Gasteiger partial charge in [-0.25, -0.2) is 15.0 Å². The molecule has 0 radical (unpaired) electrons. The number of fused-ring (bicyclic) bond motifs is 3. The number of guanidine groups is 1. The highest BCUT2D eigenvalue weighted by Crippen LogP contribution is 2.37. The predicted molar refractivity (Wildman–Crippen MR) is 157 cm³/mol. The first-order chi connectivity index (χ1) is 19.6. The maximum absolute atomic E-state index is 14.2. The average molecular weight is 556 g/mol. The minimum Gasteiger partial charge on any atom is -0.324 e. The van der Waals surface area contributed by atoms with Gasteiger partial charge in [0.15, 0.2) is 0 Å². The third-order valence-electron chi connectivity index (χ3n) is 8.49. The molecule has 4 aliphatic rings. The number of hydrogen-bond donors (Lipinski definition) is 1. The van der Waals surface area contributed by atoms with E-state index in [1.165, 1.54) is 50.5 Å². The molecule has 3 aromatic rings. The maximum Gasteiger partial charge on any atom is 0.227 e. The Bertz CT molecular complexity index is 1520. The van der Waals surface area contributed by atoms with Crippen LogP contribution in [0.5, 0.6) is 0 Å². The number of aliphatic imine (C=N–C) groups is 1. The van der Waals surface area contributed by atoms with Crippen molar-refractivity contribution < 1.29 is 9.23 Å². The molecule has 204 valence electrons. The number of pyridine rings is 1. The largest absolute Gasteiger partial charge is 0.324 e. The summed E-state index contributed by atoms with van der Waals surface area (Å²) >= 11 is 6.68. The molecule has 2 unspecified atom stereocenters. The van der Waals surface area contributed by atoms with Crippen LogP contribution >= 0.6 is 11.6 Å². The topological polar surface area (TPSA) is 53.0 Å². The van der Waals surface area contributed by atoms with E-state index in [1.54, 1.807) is 23.3 Å². The molecular formula is C32H31ClFN5O. The first-order valence-electron chi connectivity index (χ1n) is 14.0. The van der Waals surface area contributed by atoms with Gasteiger partial charge in [-0.2, -0.15) is 4.39 Å². The van der Waals surface area contributed by atoms with Gasteiger partial charge in [0.05, 0.1) is 6.54 Å². The Morgan fingerprint density at radius 3 is 2.77 bits per heavy atom. The van der Waals surface area contributed by atoms with Crippen LogP contribution in [0.3, 0.4) is 0 Å². The zero-order valence-electron chi connectivity index (χ0n) is 22.2. The van der Waals surface area contributed by atoms with Crippen molar-refractivity contribution in [2.75, 3.05) is 31.6 Å². The third kappa shape index (κ3) is 5.05. The molecule has 2 bridgehead atoms. The SMILES string of the molecule is Fc1ncccc1-c1ccc(C2=CC3=CN=C(Nc4ccc(C5CCN6CCCC6C5)cc4)N(C3)OC2)c(Cl)c1. The van der Waals surface area contributed by atoms with E-state index in [2.05, 4.69) is 50.5 Å². The predicted octanol–water partition coefficient (Wildman–Crippen LogP) is 6.88. The number of hydrogen-bond acceptors (Lipinski definition) is 6. The van der Waals surface area contributed by atoms with Gasteiger partial charge in [-0.1, -0.05) is 35.9 Å². The molecule has 6 nitrogen and oxygen atoms in total. The molecule has 40 heavy (non-hydrogen) atoms. The number of hydroxylamine groups is 2. The lowest BCUT2D eigenvalue weighted by atomic mass is 9.85. The van der Waals surface area contributed by atoms with Gasteiger partial charge >= 0.3 is 0 Å². The van der Waals surface area contributed by atoms with Gasteiger partial charge in [0.1, 0.15) is 6.61 Å². The van der Waals surface area contributed by atoms with Crippen LogP contribution in [0.4, 0.5) is 10.1 Å². The Kier molecular flexibility index (Phi) is 6.87. The Morgan fingerprint density at radius 1 is 1.02 bits per heavy atom. The second kappa shape index (κ2) is 10.8. The van der Waals surface area contributed by atoms with Crippen molar-refractivity contribution in [3.8, 4) is 11.1 Å². The number of benzene rings is 2. The van der Waals surface area contributed by atoms with E-state index in [4.69, 9.17) is 16.4 Å². The molecule has 0 aliphatic carbocycles. The van der Waals surface area contributed by atoms with Gasteiger partial charge in [-0.3, -0.25) is 4.84 Å². The Balaban J connectivity index is 1.04. The Labute approximate surface area is 238 Å². The van der Waals surface area contributed by atoms with Gasteiger partial charge in [-0.15, -0.1) is 0 Å². The second-order valence-corrected chi connectivity index (χ2v) is 11.4. The third-order valence-corrected chi connectivity index (χ3v) is 8.81. The molecule has 1 aromatic heterocycles. The van der Waals surface area contributed by atoms with E-state index < -0.39 is 5.95 Å². The van der Waals surface area contributed by atoms with E-state index in [9.17, 15) is 4.39 Å². The number of halogens is 2. The summed E-state index contributed by atoms with van der Waals surface area (Å²) in [4.78, 5) is 17.2. The minimum atomic E-state index is -0.517. The molecule has 2 atom stereocenters. The zero-order valence-corrected chi connectivity index (χ0v) is 22.9. The van der Waals surface area contributed by atoms with Gasteiger partial charge in [0.2, 0.25) is 11.9 Å². The fourth-order valence-corrected chi connectivity index (χ4v) is 6.68. The average Bonchev–Trinajstić information content (AvgIpc) is 3.38. The molecule has 8 heteroatoms. The van der Waals surface area contributed by atoms with Crippen molar-refractivity contribution in [2.24, 2.45) is 4.99 Å². The van der Waals surface area contributed by atoms with Crippen molar-refractivity contribution in [3.63, 3.8) is 0 Å². The molecule has 0 amide bonds. The lowest BCUT2D eigenvalue weighted by Crippen LogP contribution is -2.38. The second-order valence-electron chi connectivity index (χ2n) is 11.0. The quantitative estimate of drug-likeness (QED) is 0.356. The summed E-state index contributed by atoms with van der Waals surface area (Å²) in [6, 6.07) is 18.5. The highest BCUT2D eigenvalue weighted by molar-refractivity contribution is 6.32. The Morgan fingerprint density at radius 2 is 1.93 bits per heavy atom. The maximum atomic E-state index is 14.2. The molecule has 2 fully saturated rings. The summed E-state index contributed by atoms with van der Waals surface area (Å²) < 4.78 is 14.2. The van der Waals surface area contributed by atoms with E-state index in [-0.39, 0.29) is 0 Å². The monoisotopic (exact) mass is 555 g/mol. The Hall–Kier alpha value is -3.52. The van der Waals surface area contributed by atoms with Crippen molar-refractivity contribution in [2.45, 2.75) is 37.6 Å². The smallest absolute Gasteiger partial charge is 0.227 e. The van der Waals surface area contributed by atoms with E-state index in [0.29, 0.717) is 41.2 Å². The lowest BCUT2D eigenvalue weighted by molar-refractivity contribution is -0.0743. The summed E-state index contributed by atoms with van der Waals surface area (Å²) in [5.74, 6) is 0.781. The normalized spacial score (nSPS) is 22.6. The fourth-order valence-electron chi connectivity index (χ4n) is 6.38. The highest BCUT2D eigenvalue weighted by atomic mass is 35.5. The summed E-state index contributed by atoms with van der Waals surface area (Å²) in [5, 5.41) is 5.75. The standard InChI is InChI=1S/C32H31ClFN5O/c33-30-17-24(29-4-1-12-35-31(29)34)7-10-28(30)25-15-21-18-36-32(39(19-21)40-20-25)37-26-8-5-22(6-9-26)23-11-14-38-13-2-3-27(38)16-23/h1,4-10,12,15,17-18,23,27H,2-3,11,13-14,16,19-20H2,(H,36,37). The molecule has 0 spiro atoms. The fraction of sp³-hybridized carbons (Fsp3) is 0.312. The van der Waals surface area contributed by atoms with Crippen molar-refractivity contribution in [3.05, 3.63) is 101 Å². The molecule has 7 rings (SSSR count). The van der Waals surface area contributed by atoms with Crippen molar-refractivity contribution in [1.82, 2.24) is 14.9 Å². The van der Waals surface area contributed by atoms with Crippen LogP contribution in [0, 0.1) is 5.95 Å². The van der Waals surface area contributed by atoms with Crippen LogP contribution < -0.4 is 5.32 Å². The van der Waals surface area contributed by atoms with Crippen LogP contribution in [0.15, 0.2) is 83.6 Å². The number of piperidine rings is 1. The molecule has 5 heterocycles. The number of rotatable bonds is 4. The summed E-state index contributed by atoms with van der Waals surface area (Å²) in [6.07, 6.45) is 10.6. The lowest BCUT2D eigenvalue weighted by Gasteiger charge is -2.35. The van der Waals surface area contributed by atoms with Gasteiger partial charge < -0.3 is 10.2 Å². The summed E-state index contributed by atoms with van der Waals surface area (Å²) in [5.41, 5.74) is 6.32. The molecule has 2 saturated heterocycles. The molecule has 0 saturated carbocycles. The van der Waals surface area contributed by atoms with E-state index in [0.717, 1.165) is 28.4 Å². The van der Waals surface area contributed by atoms with Gasteiger partial charge in [-0.05, 0) is 109 Å². The van der Waals surface area contributed by atoms with Gasteiger partial charge in [0.25, 0.3) is 0 Å². The number of nitrogens with zero attached hydrogens (tertiary/aromatic N) is 4. The van der Waals surface area contributed by atoms with Crippen LogP contribution in [0.1, 0.15) is 42.7 Å². The molecule has 4 aliphatic heterocycles. The van der Waals surface area contributed by atoms with Crippen LogP contribution in [0.25, 0.3) is 16.7 Å². The minimum absolute atomic E-state index is 0.331. The first kappa shape index (κ1) is 25.4. The number of nitrogens with one attached hydrogen (secondary N) is 1. The first-order valence-corrected chi connectivity index (χ1v) is 14.4. The van der Waals surface area contributed by atoms with Crippen LogP contribution in [0.2, 0.25) is 5.02 Å². The van der Waals surface area contributed by atoms with Crippen molar-refractivity contribution >= 4 is 28.8 Å². The van der Waals surface area contributed by atoms with Crippen molar-refractivity contribution in [1.29, 1.82) is 0 Å². The summed E-state index contributed by atoms with van der Waals surface area (Å²) in [6.45, 7) is 3.41.